The SMILES string of the molecule is CCN1C=C\C(=C/C=C(Cl)/C=C/c2cc[n+](CC)c3ccccc23)c2ccccc21. The normalized spacial score (nSPS) is 15.4. The van der Waals surface area contributed by atoms with Gasteiger partial charge in [-0.25, -0.2) is 0 Å². The molecule has 0 unspecified atom stereocenters. The van der Waals surface area contributed by atoms with Crippen LogP contribution in [0.5, 0.6) is 0 Å². The number of allylic oxidation sites excluding steroid dienone is 6. The van der Waals surface area contributed by atoms with E-state index in [-0.39, 0.29) is 0 Å². The molecule has 0 aliphatic carbocycles. The zero-order valence-electron chi connectivity index (χ0n) is 17.4. The highest BCUT2D eigenvalue weighted by Gasteiger charge is 2.13. The van der Waals surface area contributed by atoms with E-state index in [1.165, 1.54) is 22.2 Å². The van der Waals surface area contributed by atoms with Crippen LogP contribution in [0, 0.1) is 0 Å². The number of anilines is 1. The molecule has 30 heavy (non-hydrogen) atoms. The number of fused-ring (bicyclic) bond motifs is 2. The van der Waals surface area contributed by atoms with Gasteiger partial charge in [-0.3, -0.25) is 0 Å². The largest absolute Gasteiger partial charge is 0.348 e. The molecule has 0 saturated carbocycles. The maximum Gasteiger partial charge on any atom is 0.213 e. The lowest BCUT2D eigenvalue weighted by Gasteiger charge is -2.26. The molecule has 0 saturated heterocycles. The number of hydrogen-bond donors (Lipinski definition) is 0. The first-order chi connectivity index (χ1) is 14.7. The molecule has 1 aliphatic rings. The fourth-order valence-electron chi connectivity index (χ4n) is 3.85. The molecule has 0 radical (unpaired) electrons. The predicted molar refractivity (Wildman–Crippen MR) is 129 cm³/mol. The Labute approximate surface area is 183 Å². The Bertz CT molecular complexity index is 1180. The second kappa shape index (κ2) is 9.15. The molecule has 0 bridgehead atoms. The Balaban J connectivity index is 1.62. The summed E-state index contributed by atoms with van der Waals surface area (Å²) in [5.74, 6) is 0. The van der Waals surface area contributed by atoms with E-state index >= 15 is 0 Å². The van der Waals surface area contributed by atoms with E-state index in [2.05, 4.69) is 109 Å². The molecule has 0 amide bonds. The van der Waals surface area contributed by atoms with Gasteiger partial charge in [-0.15, -0.1) is 0 Å². The molecule has 1 aromatic heterocycles. The lowest BCUT2D eigenvalue weighted by Crippen LogP contribution is -2.32. The number of aryl methyl sites for hydroxylation is 1. The summed E-state index contributed by atoms with van der Waals surface area (Å²) < 4.78 is 2.25. The van der Waals surface area contributed by atoms with E-state index in [1.807, 2.05) is 12.2 Å². The van der Waals surface area contributed by atoms with E-state index in [0.29, 0.717) is 5.03 Å². The zero-order chi connectivity index (χ0) is 20.9. The summed E-state index contributed by atoms with van der Waals surface area (Å²) in [6.45, 7) is 6.21. The highest BCUT2D eigenvalue weighted by Crippen LogP contribution is 2.32. The van der Waals surface area contributed by atoms with E-state index in [1.54, 1.807) is 0 Å². The average molecular weight is 414 g/mol. The Morgan fingerprint density at radius 2 is 1.83 bits per heavy atom. The first kappa shape index (κ1) is 20.2. The van der Waals surface area contributed by atoms with Gasteiger partial charge in [-0.05, 0) is 55.3 Å². The van der Waals surface area contributed by atoms with E-state index in [9.17, 15) is 0 Å². The second-order valence-electron chi connectivity index (χ2n) is 7.20. The minimum absolute atomic E-state index is 0.697. The van der Waals surface area contributed by atoms with Crippen LogP contribution in [0.1, 0.15) is 25.0 Å². The monoisotopic (exact) mass is 413 g/mol. The summed E-state index contributed by atoms with van der Waals surface area (Å²) >= 11 is 6.53. The van der Waals surface area contributed by atoms with Crippen LogP contribution in [-0.2, 0) is 6.54 Å². The first-order valence-electron chi connectivity index (χ1n) is 10.4. The van der Waals surface area contributed by atoms with Crippen molar-refractivity contribution in [1.82, 2.24) is 0 Å². The van der Waals surface area contributed by atoms with Gasteiger partial charge in [0.05, 0.1) is 5.39 Å². The summed E-state index contributed by atoms with van der Waals surface area (Å²) in [4.78, 5) is 2.25. The van der Waals surface area contributed by atoms with E-state index in [0.717, 1.165) is 24.2 Å². The first-order valence-corrected chi connectivity index (χ1v) is 10.8. The number of hydrogen-bond acceptors (Lipinski definition) is 1. The van der Waals surface area contributed by atoms with Crippen molar-refractivity contribution in [3.8, 4) is 0 Å². The van der Waals surface area contributed by atoms with Gasteiger partial charge in [0, 0.05) is 41.2 Å². The number of pyridine rings is 1. The molecule has 1 aliphatic heterocycles. The van der Waals surface area contributed by atoms with Gasteiger partial charge < -0.3 is 4.90 Å². The standard InChI is InChI=1S/C27H26ClN2/c1-3-29-19-17-21(24-9-5-7-11-26(24)29)13-15-23(28)16-14-22-18-20-30(4-2)27-12-8-6-10-25(22)27/h5-20H,3-4H2,1-2H3/q+1. The van der Waals surface area contributed by atoms with Crippen molar-refractivity contribution in [1.29, 1.82) is 0 Å². The number of rotatable bonds is 5. The van der Waals surface area contributed by atoms with Crippen molar-refractivity contribution in [2.45, 2.75) is 20.4 Å². The molecule has 150 valence electrons. The zero-order valence-corrected chi connectivity index (χ0v) is 18.2. The van der Waals surface area contributed by atoms with Crippen LogP contribution in [0.15, 0.2) is 96.3 Å². The Morgan fingerprint density at radius 3 is 2.67 bits per heavy atom. The van der Waals surface area contributed by atoms with Crippen LogP contribution in [0.25, 0.3) is 22.6 Å². The summed E-state index contributed by atoms with van der Waals surface area (Å²) in [5, 5.41) is 1.92. The molecule has 2 aromatic carbocycles. The average Bonchev–Trinajstić information content (AvgIpc) is 2.80. The second-order valence-corrected chi connectivity index (χ2v) is 7.64. The van der Waals surface area contributed by atoms with Crippen molar-refractivity contribution in [3.63, 3.8) is 0 Å². The molecule has 3 aromatic rings. The molecular formula is C27H26ClN2+. The highest BCUT2D eigenvalue weighted by molar-refractivity contribution is 6.31. The van der Waals surface area contributed by atoms with Crippen LogP contribution in [-0.4, -0.2) is 6.54 Å². The third kappa shape index (κ3) is 4.10. The van der Waals surface area contributed by atoms with Crippen molar-refractivity contribution in [3.05, 3.63) is 107 Å². The molecule has 0 fully saturated rings. The molecule has 0 spiro atoms. The summed E-state index contributed by atoms with van der Waals surface area (Å²) in [6.07, 6.45) is 14.5. The van der Waals surface area contributed by atoms with Gasteiger partial charge in [-0.1, -0.05) is 54.1 Å². The Kier molecular flexibility index (Phi) is 6.15. The number of halogens is 1. The summed E-state index contributed by atoms with van der Waals surface area (Å²) in [6, 6.07) is 19.1. The molecule has 3 heteroatoms. The molecule has 0 N–H and O–H groups in total. The van der Waals surface area contributed by atoms with Gasteiger partial charge in [0.15, 0.2) is 6.20 Å². The molecule has 2 heterocycles. The van der Waals surface area contributed by atoms with Crippen LogP contribution in [0.2, 0.25) is 0 Å². The van der Waals surface area contributed by atoms with E-state index < -0.39 is 0 Å². The number of para-hydroxylation sites is 2. The van der Waals surface area contributed by atoms with Gasteiger partial charge in [-0.2, -0.15) is 4.57 Å². The van der Waals surface area contributed by atoms with Crippen LogP contribution >= 0.6 is 11.6 Å². The van der Waals surface area contributed by atoms with Gasteiger partial charge >= 0.3 is 0 Å². The summed E-state index contributed by atoms with van der Waals surface area (Å²) in [7, 11) is 0. The van der Waals surface area contributed by atoms with Gasteiger partial charge in [0.25, 0.3) is 0 Å². The number of benzene rings is 2. The third-order valence-electron chi connectivity index (χ3n) is 5.44. The topological polar surface area (TPSA) is 7.12 Å². The van der Waals surface area contributed by atoms with Crippen LogP contribution in [0.4, 0.5) is 5.69 Å². The molecular weight excluding hydrogens is 388 g/mol. The lowest BCUT2D eigenvalue weighted by molar-refractivity contribution is -0.667. The van der Waals surface area contributed by atoms with E-state index in [4.69, 9.17) is 11.6 Å². The fraction of sp³-hybridized carbons (Fsp3) is 0.148. The number of aromatic nitrogens is 1. The lowest BCUT2D eigenvalue weighted by atomic mass is 9.99. The highest BCUT2D eigenvalue weighted by atomic mass is 35.5. The minimum Gasteiger partial charge on any atom is -0.348 e. The smallest absolute Gasteiger partial charge is 0.213 e. The molecule has 2 nitrogen and oxygen atoms in total. The van der Waals surface area contributed by atoms with Crippen molar-refractivity contribution in [2.24, 2.45) is 0 Å². The van der Waals surface area contributed by atoms with Gasteiger partial charge in [0.2, 0.25) is 5.52 Å². The Hall–Kier alpha value is -3.10. The van der Waals surface area contributed by atoms with Gasteiger partial charge in [0.1, 0.15) is 6.54 Å². The molecule has 4 rings (SSSR count). The minimum atomic E-state index is 0.697. The predicted octanol–water partition coefficient (Wildman–Crippen LogP) is 6.72. The quantitative estimate of drug-likeness (QED) is 0.332. The summed E-state index contributed by atoms with van der Waals surface area (Å²) in [5.41, 5.74) is 6.01. The van der Waals surface area contributed by atoms with Crippen molar-refractivity contribution in [2.75, 3.05) is 11.4 Å². The van der Waals surface area contributed by atoms with Crippen LogP contribution < -0.4 is 9.47 Å². The third-order valence-corrected chi connectivity index (χ3v) is 5.69. The maximum absolute atomic E-state index is 6.53. The Morgan fingerprint density at radius 1 is 1.03 bits per heavy atom. The van der Waals surface area contributed by atoms with Crippen molar-refractivity contribution >= 4 is 39.8 Å². The fourth-order valence-corrected chi connectivity index (χ4v) is 3.98. The molecule has 0 atom stereocenters. The van der Waals surface area contributed by atoms with Crippen LogP contribution in [0.3, 0.4) is 0 Å². The van der Waals surface area contributed by atoms with Crippen molar-refractivity contribution < 1.29 is 4.57 Å². The number of nitrogens with zero attached hydrogens (tertiary/aromatic N) is 2. The maximum atomic E-state index is 6.53.